The summed E-state index contributed by atoms with van der Waals surface area (Å²) in [6.45, 7) is 2.82. The van der Waals surface area contributed by atoms with E-state index in [1.54, 1.807) is 24.5 Å². The molecule has 0 spiro atoms. The molecule has 7 nitrogen and oxygen atoms in total. The van der Waals surface area contributed by atoms with Gasteiger partial charge in [0, 0.05) is 40.3 Å². The van der Waals surface area contributed by atoms with E-state index < -0.39 is 20.0 Å². The Hall–Kier alpha value is -1.00. The number of nitrogens with zero attached hydrogens (tertiary/aromatic N) is 3. The van der Waals surface area contributed by atoms with Crippen LogP contribution in [0.15, 0.2) is 23.1 Å². The number of hydrogen-bond acceptors (Lipinski definition) is 5. The van der Waals surface area contributed by atoms with Gasteiger partial charge in [0.2, 0.25) is 20.0 Å². The molecule has 1 saturated heterocycles. The van der Waals surface area contributed by atoms with E-state index in [1.807, 2.05) is 12.1 Å². The lowest BCUT2D eigenvalue weighted by molar-refractivity contribution is 0.189. The van der Waals surface area contributed by atoms with Crippen LogP contribution in [0.25, 0.3) is 0 Å². The van der Waals surface area contributed by atoms with Crippen molar-refractivity contribution < 1.29 is 16.8 Å². The molecule has 1 aromatic carbocycles. The maximum Gasteiger partial charge on any atom is 0.243 e. The Kier molecular flexibility index (Phi) is 6.81. The summed E-state index contributed by atoms with van der Waals surface area (Å²) in [6, 6.07) is 5.59. The SMILES string of the molecule is CN(C)S(=O)(=O)CCCN1CCN(S(=O)(=O)c2ccc3c(c2)CCCC3)CC1. The van der Waals surface area contributed by atoms with Crippen LogP contribution in [-0.4, -0.2) is 82.9 Å². The molecule has 28 heavy (non-hydrogen) atoms. The van der Waals surface area contributed by atoms with Crippen molar-refractivity contribution in [2.24, 2.45) is 0 Å². The fraction of sp³-hybridized carbons (Fsp3) is 0.684. The summed E-state index contributed by atoms with van der Waals surface area (Å²) in [4.78, 5) is 2.54. The van der Waals surface area contributed by atoms with Crippen LogP contribution in [0.2, 0.25) is 0 Å². The van der Waals surface area contributed by atoms with Gasteiger partial charge in [-0.3, -0.25) is 0 Å². The van der Waals surface area contributed by atoms with Crippen molar-refractivity contribution in [2.75, 3.05) is 52.6 Å². The monoisotopic (exact) mass is 429 g/mol. The second kappa shape index (κ2) is 8.79. The van der Waals surface area contributed by atoms with Crippen LogP contribution < -0.4 is 0 Å². The number of rotatable bonds is 7. The highest BCUT2D eigenvalue weighted by molar-refractivity contribution is 7.89. The molecule has 1 fully saturated rings. The van der Waals surface area contributed by atoms with E-state index in [9.17, 15) is 16.8 Å². The van der Waals surface area contributed by atoms with Gasteiger partial charge >= 0.3 is 0 Å². The minimum atomic E-state index is -3.47. The summed E-state index contributed by atoms with van der Waals surface area (Å²) < 4.78 is 52.5. The average molecular weight is 430 g/mol. The van der Waals surface area contributed by atoms with E-state index in [1.165, 1.54) is 21.9 Å². The van der Waals surface area contributed by atoms with E-state index >= 15 is 0 Å². The normalized spacial score (nSPS) is 19.7. The molecule has 0 saturated carbocycles. The molecule has 0 aromatic heterocycles. The molecule has 1 aromatic rings. The van der Waals surface area contributed by atoms with Crippen molar-refractivity contribution in [1.82, 2.24) is 13.5 Å². The molecular weight excluding hydrogens is 398 g/mol. The van der Waals surface area contributed by atoms with Crippen molar-refractivity contribution in [3.63, 3.8) is 0 Å². The molecule has 0 amide bonds. The predicted octanol–water partition coefficient (Wildman–Crippen LogP) is 1.15. The smallest absolute Gasteiger partial charge is 0.243 e. The second-order valence-electron chi connectivity index (χ2n) is 7.84. The van der Waals surface area contributed by atoms with Crippen molar-refractivity contribution in [3.05, 3.63) is 29.3 Å². The van der Waals surface area contributed by atoms with Gasteiger partial charge in [0.1, 0.15) is 0 Å². The molecule has 2 aliphatic rings. The quantitative estimate of drug-likeness (QED) is 0.650. The highest BCUT2D eigenvalue weighted by Gasteiger charge is 2.29. The first-order valence-corrected chi connectivity index (χ1v) is 13.0. The van der Waals surface area contributed by atoms with E-state index in [2.05, 4.69) is 4.90 Å². The highest BCUT2D eigenvalue weighted by Crippen LogP contribution is 2.26. The Morgan fingerprint density at radius 3 is 2.21 bits per heavy atom. The van der Waals surface area contributed by atoms with Crippen molar-refractivity contribution in [1.29, 1.82) is 0 Å². The standard InChI is InChI=1S/C19H31N3O4S2/c1-20(2)27(23,24)15-5-10-21-11-13-22(14-12-21)28(25,26)19-9-8-17-6-3-4-7-18(17)16-19/h8-9,16H,3-7,10-15H2,1-2H3. The zero-order valence-electron chi connectivity index (χ0n) is 16.8. The van der Waals surface area contributed by atoms with E-state index in [0.717, 1.165) is 19.3 Å². The maximum atomic E-state index is 13.0. The van der Waals surface area contributed by atoms with Crippen LogP contribution in [0.1, 0.15) is 30.4 Å². The van der Waals surface area contributed by atoms with Crippen molar-refractivity contribution in [3.8, 4) is 0 Å². The van der Waals surface area contributed by atoms with Gasteiger partial charge < -0.3 is 4.90 Å². The molecule has 0 N–H and O–H groups in total. The number of hydrogen-bond donors (Lipinski definition) is 0. The zero-order valence-corrected chi connectivity index (χ0v) is 18.4. The molecule has 1 aliphatic carbocycles. The first-order valence-electron chi connectivity index (χ1n) is 9.95. The van der Waals surface area contributed by atoms with Gasteiger partial charge in [-0.1, -0.05) is 6.07 Å². The average Bonchev–Trinajstić information content (AvgIpc) is 2.67. The molecule has 0 bridgehead atoms. The second-order valence-corrected chi connectivity index (χ2v) is 12.1. The molecule has 1 aliphatic heterocycles. The number of aryl methyl sites for hydroxylation is 2. The molecular formula is C19H31N3O4S2. The first-order chi connectivity index (χ1) is 13.2. The minimum absolute atomic E-state index is 0.119. The summed E-state index contributed by atoms with van der Waals surface area (Å²) in [5.74, 6) is 0.119. The van der Waals surface area contributed by atoms with Crippen LogP contribution in [0.5, 0.6) is 0 Å². The van der Waals surface area contributed by atoms with Crippen LogP contribution in [0.3, 0.4) is 0 Å². The van der Waals surface area contributed by atoms with E-state index in [-0.39, 0.29) is 5.75 Å². The van der Waals surface area contributed by atoms with Gasteiger partial charge in [-0.25, -0.2) is 21.1 Å². The third kappa shape index (κ3) is 4.94. The van der Waals surface area contributed by atoms with Crippen LogP contribution in [0, 0.1) is 0 Å². The Morgan fingerprint density at radius 2 is 1.57 bits per heavy atom. The summed E-state index contributed by atoms with van der Waals surface area (Å²) in [5.41, 5.74) is 2.45. The fourth-order valence-electron chi connectivity index (χ4n) is 3.87. The molecule has 0 unspecified atom stereocenters. The Balaban J connectivity index is 1.55. The molecule has 158 valence electrons. The van der Waals surface area contributed by atoms with Gasteiger partial charge in [0.25, 0.3) is 0 Å². The van der Waals surface area contributed by atoms with Crippen LogP contribution in [-0.2, 0) is 32.9 Å². The summed E-state index contributed by atoms with van der Waals surface area (Å²) in [5, 5.41) is 0. The zero-order chi connectivity index (χ0) is 20.4. The lowest BCUT2D eigenvalue weighted by atomic mass is 9.92. The largest absolute Gasteiger partial charge is 0.301 e. The number of piperazine rings is 1. The van der Waals surface area contributed by atoms with E-state index in [4.69, 9.17) is 0 Å². The summed E-state index contributed by atoms with van der Waals surface area (Å²) in [6.07, 6.45) is 4.86. The Labute approximate surface area is 169 Å². The number of fused-ring (bicyclic) bond motifs is 1. The fourth-order valence-corrected chi connectivity index (χ4v) is 6.20. The van der Waals surface area contributed by atoms with Crippen LogP contribution in [0.4, 0.5) is 0 Å². The first kappa shape index (κ1) is 21.7. The summed E-state index contributed by atoms with van der Waals surface area (Å²) >= 11 is 0. The molecule has 3 rings (SSSR count). The predicted molar refractivity (Wildman–Crippen MR) is 110 cm³/mol. The molecule has 9 heteroatoms. The lowest BCUT2D eigenvalue weighted by Crippen LogP contribution is -2.49. The molecule has 0 atom stereocenters. The topological polar surface area (TPSA) is 78.0 Å². The van der Waals surface area contributed by atoms with Gasteiger partial charge in [-0.05, 0) is 61.9 Å². The number of sulfonamides is 2. The highest BCUT2D eigenvalue weighted by atomic mass is 32.2. The van der Waals surface area contributed by atoms with Crippen molar-refractivity contribution in [2.45, 2.75) is 37.0 Å². The third-order valence-corrected chi connectivity index (χ3v) is 9.53. The molecule has 0 radical (unpaired) electrons. The van der Waals surface area contributed by atoms with Gasteiger partial charge in [-0.2, -0.15) is 4.31 Å². The van der Waals surface area contributed by atoms with Crippen molar-refractivity contribution >= 4 is 20.0 Å². The maximum absolute atomic E-state index is 13.0. The van der Waals surface area contributed by atoms with Gasteiger partial charge in [-0.15, -0.1) is 0 Å². The van der Waals surface area contributed by atoms with Gasteiger partial charge in [0.15, 0.2) is 0 Å². The Morgan fingerprint density at radius 1 is 0.929 bits per heavy atom. The van der Waals surface area contributed by atoms with Gasteiger partial charge in [0.05, 0.1) is 10.6 Å². The third-order valence-electron chi connectivity index (χ3n) is 5.72. The lowest BCUT2D eigenvalue weighted by Gasteiger charge is -2.34. The van der Waals surface area contributed by atoms with Crippen LogP contribution >= 0.6 is 0 Å². The molecule has 1 heterocycles. The Bertz CT molecular complexity index is 890. The summed E-state index contributed by atoms with van der Waals surface area (Å²) in [7, 11) is -3.56. The number of benzene rings is 1. The van der Waals surface area contributed by atoms with E-state index in [0.29, 0.717) is 44.0 Å². The minimum Gasteiger partial charge on any atom is -0.301 e.